The third kappa shape index (κ3) is 2.02. The minimum atomic E-state index is -1.15. The Morgan fingerprint density at radius 2 is 2.18 bits per heavy atom. The normalized spacial score (nSPS) is 32.9. The maximum absolute atomic E-state index is 11.5. The monoisotopic (exact) mass is 242 g/mol. The van der Waals surface area contributed by atoms with Gasteiger partial charge in [-0.05, 0) is 6.42 Å². The molecule has 1 aliphatic carbocycles. The lowest BCUT2D eigenvalue weighted by molar-refractivity contribution is -0.00607. The van der Waals surface area contributed by atoms with Gasteiger partial charge in [-0.1, -0.05) is 0 Å². The van der Waals surface area contributed by atoms with Crippen LogP contribution in [0.15, 0.2) is 11.0 Å². The number of aliphatic hydroxyl groups excluding tert-OH is 3. The van der Waals surface area contributed by atoms with Crippen LogP contribution in [0.5, 0.6) is 0 Å². The maximum atomic E-state index is 11.5. The third-order valence-electron chi connectivity index (χ3n) is 3.06. The molecule has 94 valence electrons. The van der Waals surface area contributed by atoms with E-state index in [2.05, 4.69) is 10.1 Å². The molecule has 0 unspecified atom stereocenters. The van der Waals surface area contributed by atoms with Crippen molar-refractivity contribution in [2.75, 3.05) is 12.3 Å². The van der Waals surface area contributed by atoms with Gasteiger partial charge >= 0.3 is 5.69 Å². The van der Waals surface area contributed by atoms with Gasteiger partial charge in [-0.25, -0.2) is 9.48 Å². The maximum Gasteiger partial charge on any atom is 0.366 e. The number of nitrogens with zero attached hydrogens (tertiary/aromatic N) is 3. The summed E-state index contributed by atoms with van der Waals surface area (Å²) >= 11 is 0. The molecule has 1 fully saturated rings. The molecule has 4 atom stereocenters. The first-order valence-corrected chi connectivity index (χ1v) is 5.23. The fourth-order valence-corrected chi connectivity index (χ4v) is 2.11. The van der Waals surface area contributed by atoms with Gasteiger partial charge < -0.3 is 21.1 Å². The molecule has 0 amide bonds. The molecular weight excluding hydrogens is 228 g/mol. The van der Waals surface area contributed by atoms with Crippen molar-refractivity contribution in [3.63, 3.8) is 0 Å². The van der Waals surface area contributed by atoms with Crippen molar-refractivity contribution in [2.45, 2.75) is 24.7 Å². The highest BCUT2D eigenvalue weighted by atomic mass is 16.3. The van der Waals surface area contributed by atoms with Gasteiger partial charge in [-0.15, -0.1) is 0 Å². The van der Waals surface area contributed by atoms with Crippen LogP contribution in [-0.4, -0.2) is 48.9 Å². The summed E-state index contributed by atoms with van der Waals surface area (Å²) < 4.78 is 0.986. The largest absolute Gasteiger partial charge is 0.396 e. The van der Waals surface area contributed by atoms with Gasteiger partial charge in [0.2, 0.25) is 0 Å². The van der Waals surface area contributed by atoms with Gasteiger partial charge in [0, 0.05) is 12.5 Å². The van der Waals surface area contributed by atoms with Gasteiger partial charge in [0.05, 0.1) is 18.3 Å². The fourth-order valence-electron chi connectivity index (χ4n) is 2.11. The van der Waals surface area contributed by atoms with E-state index in [1.165, 1.54) is 6.20 Å². The summed E-state index contributed by atoms with van der Waals surface area (Å²) in [6, 6.07) is -0.692. The second-order valence-corrected chi connectivity index (χ2v) is 4.14. The van der Waals surface area contributed by atoms with Crippen LogP contribution in [0.4, 0.5) is 5.82 Å². The van der Waals surface area contributed by atoms with Crippen molar-refractivity contribution in [2.24, 2.45) is 5.92 Å². The van der Waals surface area contributed by atoms with Crippen molar-refractivity contribution < 1.29 is 15.3 Å². The lowest BCUT2D eigenvalue weighted by Gasteiger charge is -2.17. The lowest BCUT2D eigenvalue weighted by atomic mass is 10.1. The van der Waals surface area contributed by atoms with E-state index in [0.29, 0.717) is 0 Å². The molecule has 2 rings (SSSR count). The minimum Gasteiger partial charge on any atom is -0.396 e. The lowest BCUT2D eigenvalue weighted by Crippen LogP contribution is -2.36. The van der Waals surface area contributed by atoms with Gasteiger partial charge in [0.1, 0.15) is 11.9 Å². The molecule has 1 saturated carbocycles. The Bertz CT molecular complexity index is 463. The first-order chi connectivity index (χ1) is 8.04. The molecule has 0 aliphatic heterocycles. The Morgan fingerprint density at radius 1 is 1.47 bits per heavy atom. The van der Waals surface area contributed by atoms with Crippen LogP contribution >= 0.6 is 0 Å². The summed E-state index contributed by atoms with van der Waals surface area (Å²) in [7, 11) is 0. The molecular formula is C9H14N4O4. The molecule has 0 aromatic carbocycles. The van der Waals surface area contributed by atoms with Crippen molar-refractivity contribution in [3.8, 4) is 0 Å². The van der Waals surface area contributed by atoms with E-state index in [4.69, 9.17) is 10.8 Å². The zero-order valence-electron chi connectivity index (χ0n) is 8.97. The summed E-state index contributed by atoms with van der Waals surface area (Å²) in [5.74, 6) is -0.473. The topological polar surface area (TPSA) is 134 Å². The van der Waals surface area contributed by atoms with E-state index >= 15 is 0 Å². The standard InChI is InChI=1S/C9H14N4O4/c10-6-2-11-13(9(17)12-6)5-1-4(3-14)7(15)8(5)16/h2,4-5,7-8,14-16H,1,3H2,(H2,10,12,17)/t4-,5-,7-,8+/m0/s1. The second-order valence-electron chi connectivity index (χ2n) is 4.14. The molecule has 8 heteroatoms. The number of rotatable bonds is 2. The molecule has 1 aromatic heterocycles. The van der Waals surface area contributed by atoms with Gasteiger partial charge in [0.15, 0.2) is 0 Å². The molecule has 8 nitrogen and oxygen atoms in total. The smallest absolute Gasteiger partial charge is 0.366 e. The number of hydrogen-bond donors (Lipinski definition) is 4. The van der Waals surface area contributed by atoms with Crippen LogP contribution in [0.2, 0.25) is 0 Å². The highest BCUT2D eigenvalue weighted by Crippen LogP contribution is 2.33. The number of nitrogen functional groups attached to an aromatic ring is 1. The molecule has 0 saturated heterocycles. The molecule has 1 heterocycles. The van der Waals surface area contributed by atoms with Crippen LogP contribution in [0.3, 0.4) is 0 Å². The number of aromatic nitrogens is 3. The Labute approximate surface area is 96.3 Å². The predicted octanol–water partition coefficient (Wildman–Crippen LogP) is -2.50. The van der Waals surface area contributed by atoms with Crippen molar-refractivity contribution in [1.82, 2.24) is 14.8 Å². The highest BCUT2D eigenvalue weighted by Gasteiger charge is 2.43. The van der Waals surface area contributed by atoms with Crippen LogP contribution in [-0.2, 0) is 0 Å². The zero-order valence-corrected chi connectivity index (χ0v) is 8.97. The summed E-state index contributed by atoms with van der Waals surface area (Å²) in [4.78, 5) is 15.0. The van der Waals surface area contributed by atoms with Gasteiger partial charge in [-0.3, -0.25) is 0 Å². The van der Waals surface area contributed by atoms with Crippen molar-refractivity contribution in [1.29, 1.82) is 0 Å². The van der Waals surface area contributed by atoms with Gasteiger partial charge in [-0.2, -0.15) is 10.1 Å². The van der Waals surface area contributed by atoms with Crippen LogP contribution < -0.4 is 11.4 Å². The van der Waals surface area contributed by atoms with Crippen LogP contribution in [0.25, 0.3) is 0 Å². The van der Waals surface area contributed by atoms with E-state index in [9.17, 15) is 15.0 Å². The first kappa shape index (κ1) is 12.0. The molecule has 17 heavy (non-hydrogen) atoms. The Morgan fingerprint density at radius 3 is 2.71 bits per heavy atom. The van der Waals surface area contributed by atoms with E-state index in [1.807, 2.05) is 0 Å². The van der Waals surface area contributed by atoms with Crippen LogP contribution in [0.1, 0.15) is 12.5 Å². The summed E-state index contributed by atoms with van der Waals surface area (Å²) in [5, 5.41) is 32.2. The Hall–Kier alpha value is -1.51. The SMILES string of the molecule is Nc1cnn([C@H]2C[C@@H](CO)[C@H](O)[C@@H]2O)c(=O)n1. The molecule has 5 N–H and O–H groups in total. The molecule has 0 spiro atoms. The number of aliphatic hydroxyl groups is 3. The number of anilines is 1. The molecule has 0 radical (unpaired) electrons. The van der Waals surface area contributed by atoms with Crippen molar-refractivity contribution >= 4 is 5.82 Å². The quantitative estimate of drug-likeness (QED) is 0.450. The van der Waals surface area contributed by atoms with E-state index in [-0.39, 0.29) is 18.8 Å². The Balaban J connectivity index is 2.32. The second kappa shape index (κ2) is 4.40. The van der Waals surface area contributed by atoms with E-state index in [1.54, 1.807) is 0 Å². The predicted molar refractivity (Wildman–Crippen MR) is 56.9 cm³/mol. The third-order valence-corrected chi connectivity index (χ3v) is 3.06. The Kier molecular flexibility index (Phi) is 3.09. The van der Waals surface area contributed by atoms with Gasteiger partial charge in [0.25, 0.3) is 0 Å². The zero-order chi connectivity index (χ0) is 12.6. The summed E-state index contributed by atoms with van der Waals surface area (Å²) in [6.45, 7) is -0.258. The average molecular weight is 242 g/mol. The number of nitrogens with two attached hydrogens (primary N) is 1. The summed E-state index contributed by atoms with van der Waals surface area (Å²) in [5.41, 5.74) is 4.62. The van der Waals surface area contributed by atoms with Crippen molar-refractivity contribution in [3.05, 3.63) is 16.7 Å². The van der Waals surface area contributed by atoms with E-state index in [0.717, 1.165) is 4.68 Å². The highest BCUT2D eigenvalue weighted by molar-refractivity contribution is 5.19. The molecule has 0 bridgehead atoms. The number of hydrogen-bond acceptors (Lipinski definition) is 7. The molecule has 1 aliphatic rings. The van der Waals surface area contributed by atoms with E-state index < -0.39 is 29.9 Å². The first-order valence-electron chi connectivity index (χ1n) is 5.23. The molecule has 1 aromatic rings. The van der Waals surface area contributed by atoms with Crippen LogP contribution in [0, 0.1) is 5.92 Å². The average Bonchev–Trinajstić information content (AvgIpc) is 2.57. The minimum absolute atomic E-state index is 0.00186. The fraction of sp³-hybridized carbons (Fsp3) is 0.667. The summed E-state index contributed by atoms with van der Waals surface area (Å²) in [6.07, 6.45) is -0.761.